The summed E-state index contributed by atoms with van der Waals surface area (Å²) < 4.78 is 5.00. The summed E-state index contributed by atoms with van der Waals surface area (Å²) in [6.07, 6.45) is 4.26. The van der Waals surface area contributed by atoms with Gasteiger partial charge in [-0.05, 0) is 37.1 Å². The number of carbonyl (C=O) groups is 1. The molecule has 0 radical (unpaired) electrons. The van der Waals surface area contributed by atoms with Crippen LogP contribution in [0.2, 0.25) is 0 Å². The maximum atomic E-state index is 12.3. The normalized spacial score (nSPS) is 14.3. The highest BCUT2D eigenvalue weighted by atomic mass is 16.5. The van der Waals surface area contributed by atoms with E-state index in [1.807, 2.05) is 12.3 Å². The molecule has 2 aromatic rings. The van der Waals surface area contributed by atoms with Crippen LogP contribution in [0.3, 0.4) is 0 Å². The largest absolute Gasteiger partial charge is 0.385 e. The van der Waals surface area contributed by atoms with Crippen molar-refractivity contribution in [3.8, 4) is 0 Å². The average molecular weight is 368 g/mol. The molecule has 1 aliphatic rings. The number of benzene rings is 1. The molecule has 1 saturated heterocycles. The number of hydrogen-bond donors (Lipinski definition) is 1. The zero-order valence-corrected chi connectivity index (χ0v) is 16.1. The van der Waals surface area contributed by atoms with Gasteiger partial charge in [-0.1, -0.05) is 12.1 Å². The predicted molar refractivity (Wildman–Crippen MR) is 109 cm³/mol. The van der Waals surface area contributed by atoms with E-state index in [-0.39, 0.29) is 5.91 Å². The Balaban J connectivity index is 1.57. The molecule has 0 unspecified atom stereocenters. The van der Waals surface area contributed by atoms with Crippen LogP contribution in [0.1, 0.15) is 22.3 Å². The van der Waals surface area contributed by atoms with Gasteiger partial charge < -0.3 is 19.9 Å². The van der Waals surface area contributed by atoms with Crippen molar-refractivity contribution < 1.29 is 9.53 Å². The topological polar surface area (TPSA) is 57.7 Å². The van der Waals surface area contributed by atoms with Crippen molar-refractivity contribution in [2.75, 3.05) is 56.2 Å². The third-order valence-corrected chi connectivity index (χ3v) is 4.81. The van der Waals surface area contributed by atoms with E-state index in [1.54, 1.807) is 13.3 Å². The Kier molecular flexibility index (Phi) is 6.65. The van der Waals surface area contributed by atoms with Crippen molar-refractivity contribution in [1.82, 2.24) is 10.3 Å². The minimum Gasteiger partial charge on any atom is -0.385 e. The Morgan fingerprint density at radius 1 is 1.11 bits per heavy atom. The number of aromatic nitrogens is 1. The molecule has 6 heteroatoms. The number of piperazine rings is 1. The van der Waals surface area contributed by atoms with Gasteiger partial charge in [0.15, 0.2) is 0 Å². The van der Waals surface area contributed by atoms with Gasteiger partial charge in [-0.25, -0.2) is 0 Å². The number of nitrogens with one attached hydrogen (secondary N) is 1. The highest BCUT2D eigenvalue weighted by Gasteiger charge is 2.19. The highest BCUT2D eigenvalue weighted by Crippen LogP contribution is 2.21. The van der Waals surface area contributed by atoms with Crippen molar-refractivity contribution >= 4 is 17.3 Å². The van der Waals surface area contributed by atoms with Crippen LogP contribution in [0.25, 0.3) is 0 Å². The van der Waals surface area contributed by atoms with Gasteiger partial charge in [-0.2, -0.15) is 0 Å². The molecule has 2 heterocycles. The van der Waals surface area contributed by atoms with E-state index in [0.717, 1.165) is 38.3 Å². The third-order valence-electron chi connectivity index (χ3n) is 4.81. The Labute approximate surface area is 161 Å². The zero-order valence-electron chi connectivity index (χ0n) is 16.1. The van der Waals surface area contributed by atoms with Crippen molar-refractivity contribution in [3.05, 3.63) is 53.9 Å². The Morgan fingerprint density at radius 2 is 1.85 bits per heavy atom. The van der Waals surface area contributed by atoms with Crippen LogP contribution >= 0.6 is 0 Å². The molecule has 0 spiro atoms. The maximum Gasteiger partial charge on any atom is 0.252 e. The fourth-order valence-electron chi connectivity index (χ4n) is 3.29. The summed E-state index contributed by atoms with van der Waals surface area (Å²) in [4.78, 5) is 21.3. The van der Waals surface area contributed by atoms with E-state index in [0.29, 0.717) is 18.7 Å². The van der Waals surface area contributed by atoms with Gasteiger partial charge in [0, 0.05) is 58.3 Å². The Hall–Kier alpha value is -2.60. The molecule has 0 atom stereocenters. The number of methoxy groups -OCH3 is 1. The molecule has 1 amide bonds. The van der Waals surface area contributed by atoms with Gasteiger partial charge in [0.1, 0.15) is 0 Å². The van der Waals surface area contributed by atoms with Crippen LogP contribution in [0, 0.1) is 6.92 Å². The lowest BCUT2D eigenvalue weighted by Gasteiger charge is -2.37. The van der Waals surface area contributed by atoms with Gasteiger partial charge >= 0.3 is 0 Å². The number of amides is 1. The first-order chi connectivity index (χ1) is 13.2. The highest BCUT2D eigenvalue weighted by molar-refractivity contribution is 5.94. The predicted octanol–water partition coefficient (Wildman–Crippen LogP) is 2.48. The summed E-state index contributed by atoms with van der Waals surface area (Å²) in [5.74, 6) is -0.0844. The quantitative estimate of drug-likeness (QED) is 0.761. The fraction of sp³-hybridized carbons (Fsp3) is 0.429. The monoisotopic (exact) mass is 368 g/mol. The number of pyridine rings is 1. The summed E-state index contributed by atoms with van der Waals surface area (Å²) in [5.41, 5.74) is 4.16. The second-order valence-corrected chi connectivity index (χ2v) is 6.85. The number of rotatable bonds is 7. The van der Waals surface area contributed by atoms with Crippen molar-refractivity contribution in [1.29, 1.82) is 0 Å². The SMILES string of the molecule is COCCCNC(=O)c1cncc(N2CCN(c3cccc(C)c3)CC2)c1. The van der Waals surface area contributed by atoms with Crippen LogP contribution in [-0.2, 0) is 4.74 Å². The van der Waals surface area contributed by atoms with E-state index >= 15 is 0 Å². The summed E-state index contributed by atoms with van der Waals surface area (Å²) >= 11 is 0. The summed E-state index contributed by atoms with van der Waals surface area (Å²) in [7, 11) is 1.66. The van der Waals surface area contributed by atoms with Gasteiger partial charge in [-0.15, -0.1) is 0 Å². The number of nitrogens with zero attached hydrogens (tertiary/aromatic N) is 3. The number of aryl methyl sites for hydroxylation is 1. The lowest BCUT2D eigenvalue weighted by molar-refractivity contribution is 0.0948. The second-order valence-electron chi connectivity index (χ2n) is 6.85. The first kappa shape index (κ1) is 19.2. The van der Waals surface area contributed by atoms with E-state index in [1.165, 1.54) is 11.3 Å². The van der Waals surface area contributed by atoms with Gasteiger partial charge in [0.2, 0.25) is 0 Å². The molecule has 144 valence electrons. The molecule has 0 saturated carbocycles. The van der Waals surface area contributed by atoms with Crippen molar-refractivity contribution in [2.45, 2.75) is 13.3 Å². The van der Waals surface area contributed by atoms with E-state index in [2.05, 4.69) is 51.3 Å². The lowest BCUT2D eigenvalue weighted by atomic mass is 10.1. The first-order valence-corrected chi connectivity index (χ1v) is 9.46. The number of carbonyl (C=O) groups excluding carboxylic acids is 1. The minimum atomic E-state index is -0.0844. The van der Waals surface area contributed by atoms with Crippen LogP contribution < -0.4 is 15.1 Å². The lowest BCUT2D eigenvalue weighted by Crippen LogP contribution is -2.46. The van der Waals surface area contributed by atoms with E-state index < -0.39 is 0 Å². The standard InChI is InChI=1S/C21H28N4O2/c1-17-5-3-6-19(13-17)24-8-10-25(11-9-24)20-14-18(15-22-16-20)21(26)23-7-4-12-27-2/h3,5-6,13-16H,4,7-12H2,1-2H3,(H,23,26). The Bertz CT molecular complexity index is 757. The van der Waals surface area contributed by atoms with Crippen molar-refractivity contribution in [3.63, 3.8) is 0 Å². The molecule has 1 aromatic heterocycles. The van der Waals surface area contributed by atoms with Crippen molar-refractivity contribution in [2.24, 2.45) is 0 Å². The van der Waals surface area contributed by atoms with Crippen LogP contribution in [0.15, 0.2) is 42.7 Å². The molecule has 3 rings (SSSR count). The molecule has 1 aliphatic heterocycles. The molecule has 27 heavy (non-hydrogen) atoms. The van der Waals surface area contributed by atoms with Gasteiger partial charge in [0.25, 0.3) is 5.91 Å². The molecule has 6 nitrogen and oxygen atoms in total. The van der Waals surface area contributed by atoms with Gasteiger partial charge in [-0.3, -0.25) is 9.78 Å². The number of anilines is 2. The second kappa shape index (κ2) is 9.37. The van der Waals surface area contributed by atoms with Gasteiger partial charge in [0.05, 0.1) is 17.4 Å². The van der Waals surface area contributed by atoms with Crippen LogP contribution in [0.5, 0.6) is 0 Å². The molecule has 1 N–H and O–H groups in total. The fourth-order valence-corrected chi connectivity index (χ4v) is 3.29. The van der Waals surface area contributed by atoms with E-state index in [9.17, 15) is 4.79 Å². The molecular formula is C21H28N4O2. The molecule has 1 fully saturated rings. The summed E-state index contributed by atoms with van der Waals surface area (Å²) in [6.45, 7) is 7.10. The zero-order chi connectivity index (χ0) is 19.1. The molecule has 1 aromatic carbocycles. The average Bonchev–Trinajstić information content (AvgIpc) is 2.71. The third kappa shape index (κ3) is 5.20. The molecule has 0 aliphatic carbocycles. The summed E-state index contributed by atoms with van der Waals surface area (Å²) in [6, 6.07) is 10.6. The molecular weight excluding hydrogens is 340 g/mol. The minimum absolute atomic E-state index is 0.0844. The first-order valence-electron chi connectivity index (χ1n) is 9.46. The molecule has 0 bridgehead atoms. The number of ether oxygens (including phenoxy) is 1. The van der Waals surface area contributed by atoms with Crippen LogP contribution in [-0.4, -0.2) is 57.3 Å². The maximum absolute atomic E-state index is 12.3. The Morgan fingerprint density at radius 3 is 2.56 bits per heavy atom. The van der Waals surface area contributed by atoms with Crippen LogP contribution in [0.4, 0.5) is 11.4 Å². The summed E-state index contributed by atoms with van der Waals surface area (Å²) in [5, 5.41) is 2.91. The number of hydrogen-bond acceptors (Lipinski definition) is 5. The smallest absolute Gasteiger partial charge is 0.252 e. The van der Waals surface area contributed by atoms with E-state index in [4.69, 9.17) is 4.74 Å².